The number of allylic oxidation sites excluding steroid dienone is 1. The van der Waals surface area contributed by atoms with Crippen molar-refractivity contribution in [2.24, 2.45) is 0 Å². The molecule has 5 nitrogen and oxygen atoms in total. The summed E-state index contributed by atoms with van der Waals surface area (Å²) in [6, 6.07) is 16.6. The highest BCUT2D eigenvalue weighted by Crippen LogP contribution is 2.40. The Morgan fingerprint density at radius 3 is 1.93 bits per heavy atom. The van der Waals surface area contributed by atoms with Crippen LogP contribution in [0.3, 0.4) is 0 Å². The summed E-state index contributed by atoms with van der Waals surface area (Å²) in [6.45, 7) is 0. The fourth-order valence-corrected chi connectivity index (χ4v) is 2.96. The number of benzene rings is 2. The first kappa shape index (κ1) is 20.2. The van der Waals surface area contributed by atoms with Crippen LogP contribution >= 0.6 is 0 Å². The maximum atomic E-state index is 9.35. The van der Waals surface area contributed by atoms with E-state index >= 15 is 0 Å². The van der Waals surface area contributed by atoms with Gasteiger partial charge < -0.3 is 20.0 Å². The highest BCUT2D eigenvalue weighted by molar-refractivity contribution is 5.89. The van der Waals surface area contributed by atoms with Gasteiger partial charge >= 0.3 is 0 Å². The van der Waals surface area contributed by atoms with Crippen molar-refractivity contribution in [1.82, 2.24) is 0 Å². The van der Waals surface area contributed by atoms with Crippen LogP contribution in [0.5, 0.6) is 0 Å². The molecular weight excluding hydrogens is 334 g/mol. The Kier molecular flexibility index (Phi) is 6.73. The Morgan fingerprint density at radius 2 is 1.48 bits per heavy atom. The van der Waals surface area contributed by atoms with Crippen LogP contribution in [0.15, 0.2) is 48.7 Å². The fourth-order valence-electron chi connectivity index (χ4n) is 2.96. The van der Waals surface area contributed by atoms with E-state index in [9.17, 15) is 5.26 Å². The van der Waals surface area contributed by atoms with Crippen molar-refractivity contribution in [1.29, 1.82) is 5.26 Å². The molecule has 0 saturated heterocycles. The monoisotopic (exact) mass is 363 g/mol. The minimum atomic E-state index is 0.334. The maximum Gasteiger partial charge on any atom is 0.0836 e. The van der Waals surface area contributed by atoms with Crippen LogP contribution in [0.4, 0.5) is 22.7 Å². The van der Waals surface area contributed by atoms with Crippen molar-refractivity contribution in [3.8, 4) is 6.07 Å². The van der Waals surface area contributed by atoms with E-state index in [4.69, 9.17) is 0 Å². The second-order valence-corrected chi connectivity index (χ2v) is 7.06. The number of hydrogen-bond donors (Lipinski definition) is 1. The van der Waals surface area contributed by atoms with Crippen LogP contribution in [-0.4, -0.2) is 42.3 Å². The third-order valence-corrected chi connectivity index (χ3v) is 4.31. The van der Waals surface area contributed by atoms with Crippen molar-refractivity contribution < 1.29 is 0 Å². The second-order valence-electron chi connectivity index (χ2n) is 7.06. The molecule has 2 aromatic carbocycles. The Morgan fingerprint density at radius 1 is 0.926 bits per heavy atom. The van der Waals surface area contributed by atoms with E-state index in [1.165, 1.54) is 0 Å². The normalized spacial score (nSPS) is 10.9. The fraction of sp³-hybridized carbons (Fsp3) is 0.318. The molecule has 0 unspecified atom stereocenters. The molecular formula is C22H29N5. The predicted octanol–water partition coefficient (Wildman–Crippen LogP) is 4.25. The van der Waals surface area contributed by atoms with Gasteiger partial charge in [0.1, 0.15) is 0 Å². The number of hydrogen-bond acceptors (Lipinski definition) is 5. The molecule has 0 aliphatic carbocycles. The van der Waals surface area contributed by atoms with Gasteiger partial charge in [-0.3, -0.25) is 0 Å². The largest absolute Gasteiger partial charge is 0.376 e. The lowest BCUT2D eigenvalue weighted by atomic mass is 10.0. The van der Waals surface area contributed by atoms with Crippen LogP contribution in [0, 0.1) is 11.3 Å². The molecule has 0 aromatic heterocycles. The number of anilines is 4. The highest BCUT2D eigenvalue weighted by Gasteiger charge is 2.17. The molecule has 27 heavy (non-hydrogen) atoms. The summed E-state index contributed by atoms with van der Waals surface area (Å²) in [7, 11) is 12.3. The minimum Gasteiger partial charge on any atom is -0.376 e. The van der Waals surface area contributed by atoms with E-state index in [0.29, 0.717) is 6.42 Å². The summed E-state index contributed by atoms with van der Waals surface area (Å²) >= 11 is 0. The van der Waals surface area contributed by atoms with Gasteiger partial charge in [0.2, 0.25) is 0 Å². The molecule has 0 spiro atoms. The van der Waals surface area contributed by atoms with E-state index in [1.807, 2.05) is 64.7 Å². The smallest absolute Gasteiger partial charge is 0.0836 e. The van der Waals surface area contributed by atoms with Gasteiger partial charge in [0.25, 0.3) is 0 Å². The van der Waals surface area contributed by atoms with Gasteiger partial charge in [0.15, 0.2) is 0 Å². The van der Waals surface area contributed by atoms with E-state index in [1.54, 1.807) is 0 Å². The average molecular weight is 364 g/mol. The van der Waals surface area contributed by atoms with Crippen LogP contribution in [0.2, 0.25) is 0 Å². The number of rotatable bonds is 7. The maximum absolute atomic E-state index is 9.35. The van der Waals surface area contributed by atoms with Gasteiger partial charge in [-0.2, -0.15) is 5.26 Å². The number of para-hydroxylation sites is 1. The molecule has 2 aromatic rings. The Bertz CT molecular complexity index is 801. The van der Waals surface area contributed by atoms with Crippen LogP contribution in [-0.2, 0) is 0 Å². The van der Waals surface area contributed by atoms with Crippen LogP contribution in [0.25, 0.3) is 5.57 Å². The Hall–Kier alpha value is -3.13. The summed E-state index contributed by atoms with van der Waals surface area (Å²) in [4.78, 5) is 6.35. The molecule has 2 rings (SSSR count). The third-order valence-electron chi connectivity index (χ3n) is 4.31. The zero-order valence-corrected chi connectivity index (χ0v) is 17.1. The second kappa shape index (κ2) is 9.00. The molecule has 0 heterocycles. The van der Waals surface area contributed by atoms with Gasteiger partial charge in [-0.1, -0.05) is 18.2 Å². The summed E-state index contributed by atoms with van der Waals surface area (Å²) in [5, 5.41) is 12.7. The number of nitrogens with zero attached hydrogens (tertiary/aromatic N) is 4. The van der Waals surface area contributed by atoms with E-state index in [-0.39, 0.29) is 0 Å². The first-order chi connectivity index (χ1) is 12.8. The summed E-state index contributed by atoms with van der Waals surface area (Å²) in [5.74, 6) is 0. The zero-order chi connectivity index (χ0) is 20.0. The molecule has 0 aliphatic heterocycles. The lowest BCUT2D eigenvalue weighted by Gasteiger charge is -2.29. The van der Waals surface area contributed by atoms with Crippen molar-refractivity contribution in [3.05, 3.63) is 54.2 Å². The Balaban J connectivity index is 2.57. The predicted molar refractivity (Wildman–Crippen MR) is 118 cm³/mol. The van der Waals surface area contributed by atoms with Crippen LogP contribution < -0.4 is 20.0 Å². The van der Waals surface area contributed by atoms with Gasteiger partial charge in [0, 0.05) is 54.2 Å². The van der Waals surface area contributed by atoms with Crippen LogP contribution in [0.1, 0.15) is 12.0 Å². The SMILES string of the molecule is CN(C)c1cc(C(=CNc2ccccc2)CC#N)cc(N(C)C)c1N(C)C. The third kappa shape index (κ3) is 4.95. The number of nitrogens with one attached hydrogen (secondary N) is 1. The topological polar surface area (TPSA) is 45.5 Å². The molecule has 142 valence electrons. The highest BCUT2D eigenvalue weighted by atomic mass is 15.2. The molecule has 5 heteroatoms. The van der Waals surface area contributed by atoms with E-state index < -0.39 is 0 Å². The molecule has 1 N–H and O–H groups in total. The van der Waals surface area contributed by atoms with Crippen molar-refractivity contribution in [2.75, 3.05) is 62.3 Å². The lowest BCUT2D eigenvalue weighted by Crippen LogP contribution is -2.21. The van der Waals surface area contributed by atoms with Gasteiger partial charge in [0.05, 0.1) is 29.6 Å². The molecule has 0 aliphatic rings. The molecule has 0 radical (unpaired) electrons. The van der Waals surface area contributed by atoms with Gasteiger partial charge in [-0.15, -0.1) is 0 Å². The molecule has 0 atom stereocenters. The van der Waals surface area contributed by atoms with Crippen molar-refractivity contribution >= 4 is 28.3 Å². The molecule has 0 saturated carbocycles. The summed E-state index contributed by atoms with van der Waals surface area (Å²) in [5.41, 5.74) is 6.38. The quantitative estimate of drug-likeness (QED) is 0.797. The van der Waals surface area contributed by atoms with E-state index in [2.05, 4.69) is 52.3 Å². The van der Waals surface area contributed by atoms with Gasteiger partial charge in [-0.05, 0) is 35.4 Å². The first-order valence-electron chi connectivity index (χ1n) is 8.93. The standard InChI is InChI=1S/C22H29N5/c1-25(2)20-14-18(15-21(26(3)4)22(20)27(5)6)17(12-13-23)16-24-19-10-8-7-9-11-19/h7-11,14-16,24H,12H2,1-6H3. The van der Waals surface area contributed by atoms with Crippen molar-refractivity contribution in [2.45, 2.75) is 6.42 Å². The minimum absolute atomic E-state index is 0.334. The molecule has 0 bridgehead atoms. The van der Waals surface area contributed by atoms with E-state index in [0.717, 1.165) is 33.9 Å². The number of nitriles is 1. The summed E-state index contributed by atoms with van der Waals surface area (Å²) in [6.07, 6.45) is 2.27. The zero-order valence-electron chi connectivity index (χ0n) is 17.1. The molecule has 0 amide bonds. The van der Waals surface area contributed by atoms with Gasteiger partial charge in [-0.25, -0.2) is 0 Å². The molecule has 0 fully saturated rings. The average Bonchev–Trinajstić information content (AvgIpc) is 2.64. The summed E-state index contributed by atoms with van der Waals surface area (Å²) < 4.78 is 0. The first-order valence-corrected chi connectivity index (χ1v) is 8.93. The lowest BCUT2D eigenvalue weighted by molar-refractivity contribution is 1.04. The Labute approximate surface area is 163 Å². The van der Waals surface area contributed by atoms with Crippen molar-refractivity contribution in [3.63, 3.8) is 0 Å².